The van der Waals surface area contributed by atoms with Gasteiger partial charge in [-0.3, -0.25) is 0 Å². The van der Waals surface area contributed by atoms with Gasteiger partial charge in [0.1, 0.15) is 0 Å². The van der Waals surface area contributed by atoms with Crippen molar-refractivity contribution in [1.29, 1.82) is 0 Å². The summed E-state index contributed by atoms with van der Waals surface area (Å²) in [7, 11) is -0.0558. The molecule has 0 heterocycles. The fourth-order valence-electron chi connectivity index (χ4n) is 2.10. The lowest BCUT2D eigenvalue weighted by Gasteiger charge is -2.22. The zero-order chi connectivity index (χ0) is 15.2. The van der Waals surface area contributed by atoms with Gasteiger partial charge >= 0.3 is 0 Å². The molecule has 0 saturated heterocycles. The van der Waals surface area contributed by atoms with E-state index in [9.17, 15) is 8.42 Å². The van der Waals surface area contributed by atoms with Crippen LogP contribution in [0.5, 0.6) is 0 Å². The number of hydrogen-bond acceptors (Lipinski definition) is 4. The van der Waals surface area contributed by atoms with Gasteiger partial charge in [0.05, 0.1) is 11.5 Å². The van der Waals surface area contributed by atoms with E-state index in [1.165, 1.54) is 4.31 Å². The first-order valence-corrected chi connectivity index (χ1v) is 8.15. The van der Waals surface area contributed by atoms with Crippen molar-refractivity contribution in [2.75, 3.05) is 33.9 Å². The molecule has 0 aliphatic carbocycles. The van der Waals surface area contributed by atoms with Crippen molar-refractivity contribution in [3.63, 3.8) is 0 Å². The second-order valence-electron chi connectivity index (χ2n) is 4.56. The van der Waals surface area contributed by atoms with E-state index in [2.05, 4.69) is 5.32 Å². The van der Waals surface area contributed by atoms with Crippen LogP contribution in [-0.4, -0.2) is 46.6 Å². The number of methoxy groups -OCH3 is 1. The Kier molecular flexibility index (Phi) is 6.61. The predicted octanol–water partition coefficient (Wildman–Crippen LogP) is 1.37. The molecule has 0 unspecified atom stereocenters. The van der Waals surface area contributed by atoms with Crippen LogP contribution in [0, 0.1) is 6.92 Å². The molecule has 0 radical (unpaired) electrons. The topological polar surface area (TPSA) is 58.6 Å². The molecule has 1 aromatic carbocycles. The largest absolute Gasteiger partial charge is 0.383 e. The lowest BCUT2D eigenvalue weighted by molar-refractivity contribution is 0.180. The molecule has 1 rings (SSSR count). The van der Waals surface area contributed by atoms with Crippen molar-refractivity contribution in [2.45, 2.75) is 25.3 Å². The monoisotopic (exact) mass is 300 g/mol. The van der Waals surface area contributed by atoms with Gasteiger partial charge in [-0.05, 0) is 31.2 Å². The van der Waals surface area contributed by atoms with E-state index in [1.54, 1.807) is 19.2 Å². The van der Waals surface area contributed by atoms with Gasteiger partial charge in [-0.2, -0.15) is 4.31 Å². The molecule has 0 aromatic heterocycles. The van der Waals surface area contributed by atoms with Gasteiger partial charge in [0.25, 0.3) is 0 Å². The van der Waals surface area contributed by atoms with E-state index in [4.69, 9.17) is 4.74 Å². The van der Waals surface area contributed by atoms with Gasteiger partial charge in [0.2, 0.25) is 10.0 Å². The molecule has 0 fully saturated rings. The van der Waals surface area contributed by atoms with Gasteiger partial charge < -0.3 is 10.1 Å². The van der Waals surface area contributed by atoms with E-state index in [0.29, 0.717) is 31.1 Å². The number of nitrogens with one attached hydrogen (secondary N) is 1. The van der Waals surface area contributed by atoms with Crippen molar-refractivity contribution in [3.8, 4) is 0 Å². The standard InChI is InChI=1S/C14H24N2O3S/c1-5-16(9-10-19-4)20(17,18)14-8-6-7-13(11-15-3)12(14)2/h6-8,15H,5,9-11H2,1-4H3. The maximum Gasteiger partial charge on any atom is 0.243 e. The summed E-state index contributed by atoms with van der Waals surface area (Å²) in [6.07, 6.45) is 0. The summed E-state index contributed by atoms with van der Waals surface area (Å²) in [5.74, 6) is 0. The molecule has 0 aliphatic rings. The maximum absolute atomic E-state index is 12.7. The van der Waals surface area contributed by atoms with Crippen molar-refractivity contribution >= 4 is 10.0 Å². The SMILES string of the molecule is CCN(CCOC)S(=O)(=O)c1cccc(CNC)c1C. The first-order valence-electron chi connectivity index (χ1n) is 6.71. The van der Waals surface area contributed by atoms with Crippen LogP contribution in [0.3, 0.4) is 0 Å². The molecular weight excluding hydrogens is 276 g/mol. The molecule has 0 saturated carbocycles. The summed E-state index contributed by atoms with van der Waals surface area (Å²) < 4.78 is 31.8. The van der Waals surface area contributed by atoms with E-state index < -0.39 is 10.0 Å². The van der Waals surface area contributed by atoms with Gasteiger partial charge in [-0.1, -0.05) is 19.1 Å². The lowest BCUT2D eigenvalue weighted by atomic mass is 10.1. The summed E-state index contributed by atoms with van der Waals surface area (Å²) in [5.41, 5.74) is 1.80. The first kappa shape index (κ1) is 17.1. The van der Waals surface area contributed by atoms with Crippen molar-refractivity contribution in [1.82, 2.24) is 9.62 Å². The summed E-state index contributed by atoms with van der Waals surface area (Å²) in [5, 5.41) is 3.05. The molecule has 1 N–H and O–H groups in total. The molecule has 0 amide bonds. The number of benzene rings is 1. The molecule has 114 valence electrons. The van der Waals surface area contributed by atoms with Crippen LogP contribution in [0.1, 0.15) is 18.1 Å². The highest BCUT2D eigenvalue weighted by Gasteiger charge is 2.25. The number of likely N-dealkylation sites (N-methyl/N-ethyl adjacent to an activating group) is 1. The fraction of sp³-hybridized carbons (Fsp3) is 0.571. The Morgan fingerprint density at radius 2 is 2.05 bits per heavy atom. The van der Waals surface area contributed by atoms with E-state index in [0.717, 1.165) is 11.1 Å². The Bertz CT molecular complexity index is 529. The van der Waals surface area contributed by atoms with Crippen LogP contribution < -0.4 is 5.32 Å². The highest BCUT2D eigenvalue weighted by atomic mass is 32.2. The van der Waals surface area contributed by atoms with E-state index >= 15 is 0 Å². The minimum absolute atomic E-state index is 0.366. The first-order chi connectivity index (χ1) is 9.48. The number of rotatable bonds is 8. The Hall–Kier alpha value is -0.950. The minimum Gasteiger partial charge on any atom is -0.383 e. The lowest BCUT2D eigenvalue weighted by Crippen LogP contribution is -2.34. The molecule has 5 nitrogen and oxygen atoms in total. The molecule has 0 aliphatic heterocycles. The molecular formula is C14H24N2O3S. The quantitative estimate of drug-likeness (QED) is 0.788. The Balaban J connectivity index is 3.17. The minimum atomic E-state index is -3.47. The molecule has 6 heteroatoms. The van der Waals surface area contributed by atoms with Gasteiger partial charge in [-0.25, -0.2) is 8.42 Å². The molecule has 0 bridgehead atoms. The summed E-state index contributed by atoms with van der Waals surface area (Å²) in [4.78, 5) is 0.378. The third-order valence-electron chi connectivity index (χ3n) is 3.28. The second kappa shape index (κ2) is 7.73. The van der Waals surface area contributed by atoms with Crippen LogP contribution in [-0.2, 0) is 21.3 Å². The average molecular weight is 300 g/mol. The van der Waals surface area contributed by atoms with Crippen LogP contribution in [0.4, 0.5) is 0 Å². The maximum atomic E-state index is 12.7. The summed E-state index contributed by atoms with van der Waals surface area (Å²) in [6.45, 7) is 5.53. The highest BCUT2D eigenvalue weighted by molar-refractivity contribution is 7.89. The molecule has 1 aromatic rings. The Morgan fingerprint density at radius 3 is 2.60 bits per heavy atom. The van der Waals surface area contributed by atoms with Gasteiger partial charge in [0.15, 0.2) is 0 Å². The highest BCUT2D eigenvalue weighted by Crippen LogP contribution is 2.22. The second-order valence-corrected chi connectivity index (χ2v) is 6.47. The average Bonchev–Trinajstić information content (AvgIpc) is 2.41. The zero-order valence-corrected chi connectivity index (χ0v) is 13.5. The number of nitrogens with zero attached hydrogens (tertiary/aromatic N) is 1. The summed E-state index contributed by atoms with van der Waals surface area (Å²) in [6, 6.07) is 5.40. The molecule has 20 heavy (non-hydrogen) atoms. The molecule has 0 spiro atoms. The van der Waals surface area contributed by atoms with Crippen molar-refractivity contribution in [3.05, 3.63) is 29.3 Å². The van der Waals surface area contributed by atoms with Crippen LogP contribution in [0.15, 0.2) is 23.1 Å². The molecule has 0 atom stereocenters. The van der Waals surface area contributed by atoms with Crippen LogP contribution in [0.2, 0.25) is 0 Å². The van der Waals surface area contributed by atoms with Gasteiger partial charge in [-0.15, -0.1) is 0 Å². The number of ether oxygens (including phenoxy) is 1. The van der Waals surface area contributed by atoms with Crippen LogP contribution >= 0.6 is 0 Å². The normalized spacial score (nSPS) is 12.1. The predicted molar refractivity (Wildman–Crippen MR) is 80.3 cm³/mol. The Morgan fingerprint density at radius 1 is 1.35 bits per heavy atom. The Labute approximate surface area is 122 Å². The van der Waals surface area contributed by atoms with Crippen molar-refractivity contribution in [2.24, 2.45) is 0 Å². The van der Waals surface area contributed by atoms with Crippen molar-refractivity contribution < 1.29 is 13.2 Å². The van der Waals surface area contributed by atoms with E-state index in [-0.39, 0.29) is 0 Å². The number of sulfonamides is 1. The fourth-order valence-corrected chi connectivity index (χ4v) is 3.80. The van der Waals surface area contributed by atoms with Gasteiger partial charge in [0, 0.05) is 26.7 Å². The number of hydrogen-bond donors (Lipinski definition) is 1. The smallest absolute Gasteiger partial charge is 0.243 e. The third kappa shape index (κ3) is 3.79. The zero-order valence-electron chi connectivity index (χ0n) is 12.6. The summed E-state index contributed by atoms with van der Waals surface area (Å²) >= 11 is 0. The third-order valence-corrected chi connectivity index (χ3v) is 5.40. The van der Waals surface area contributed by atoms with E-state index in [1.807, 2.05) is 27.0 Å². The van der Waals surface area contributed by atoms with Crippen LogP contribution in [0.25, 0.3) is 0 Å².